The van der Waals surface area contributed by atoms with Crippen molar-refractivity contribution in [2.45, 2.75) is 38.7 Å². The van der Waals surface area contributed by atoms with Crippen LogP contribution in [0, 0.1) is 0 Å². The molecule has 0 saturated carbocycles. The lowest BCUT2D eigenvalue weighted by atomic mass is 10.1. The van der Waals surface area contributed by atoms with Crippen molar-refractivity contribution in [3.63, 3.8) is 0 Å². The van der Waals surface area contributed by atoms with Crippen LogP contribution in [0.2, 0.25) is 0 Å². The number of hydrogen-bond donors (Lipinski definition) is 0. The average Bonchev–Trinajstić information content (AvgIpc) is 3.10. The van der Waals surface area contributed by atoms with E-state index in [2.05, 4.69) is 11.8 Å². The molecule has 0 amide bonds. The molecule has 1 saturated heterocycles. The molecule has 1 fully saturated rings. The summed E-state index contributed by atoms with van der Waals surface area (Å²) in [4.78, 5) is 15.2. The Labute approximate surface area is 119 Å². The predicted molar refractivity (Wildman–Crippen MR) is 79.0 cm³/mol. The summed E-state index contributed by atoms with van der Waals surface area (Å²) in [5.74, 6) is 0.281. The van der Waals surface area contributed by atoms with Crippen molar-refractivity contribution in [3.05, 3.63) is 22.4 Å². The number of Topliss-reactive ketones (excluding diaryl/α,β-unsaturated/α-hetero) is 1. The predicted octanol–water partition coefficient (Wildman–Crippen LogP) is 3.21. The Morgan fingerprint density at radius 2 is 2.47 bits per heavy atom. The van der Waals surface area contributed by atoms with Gasteiger partial charge in [-0.2, -0.15) is 0 Å². The third kappa shape index (κ3) is 4.71. The van der Waals surface area contributed by atoms with Crippen molar-refractivity contribution < 1.29 is 9.53 Å². The fourth-order valence-electron chi connectivity index (χ4n) is 2.48. The first-order valence-electron chi connectivity index (χ1n) is 7.20. The molecule has 0 aromatic carbocycles. The minimum Gasteiger partial charge on any atom is -0.377 e. The van der Waals surface area contributed by atoms with Crippen LogP contribution in [0.3, 0.4) is 0 Å². The van der Waals surface area contributed by atoms with E-state index in [0.717, 1.165) is 37.5 Å². The van der Waals surface area contributed by atoms with E-state index in [9.17, 15) is 4.79 Å². The zero-order valence-corrected chi connectivity index (χ0v) is 12.5. The van der Waals surface area contributed by atoms with E-state index in [1.54, 1.807) is 0 Å². The number of thiophene rings is 1. The molecule has 0 radical (unpaired) electrons. The SMILES string of the molecule is CCN(CCCC(=O)c1cccs1)CC1CCCO1. The number of rotatable bonds is 8. The van der Waals surface area contributed by atoms with E-state index in [1.807, 2.05) is 17.5 Å². The maximum atomic E-state index is 11.9. The molecule has 1 aliphatic heterocycles. The largest absolute Gasteiger partial charge is 0.377 e. The van der Waals surface area contributed by atoms with Crippen LogP contribution in [-0.4, -0.2) is 43.0 Å². The zero-order chi connectivity index (χ0) is 13.5. The van der Waals surface area contributed by atoms with Crippen LogP contribution in [0.15, 0.2) is 17.5 Å². The van der Waals surface area contributed by atoms with Crippen LogP contribution in [-0.2, 0) is 4.74 Å². The highest BCUT2D eigenvalue weighted by Crippen LogP contribution is 2.15. The summed E-state index contributed by atoms with van der Waals surface area (Å²) >= 11 is 1.54. The minimum atomic E-state index is 0.281. The molecule has 2 rings (SSSR count). The molecular formula is C15H23NO2S. The Kier molecular flexibility index (Phi) is 6.01. The van der Waals surface area contributed by atoms with Gasteiger partial charge < -0.3 is 9.64 Å². The molecule has 19 heavy (non-hydrogen) atoms. The first kappa shape index (κ1) is 14.7. The highest BCUT2D eigenvalue weighted by molar-refractivity contribution is 7.12. The third-order valence-corrected chi connectivity index (χ3v) is 4.52. The third-order valence-electron chi connectivity index (χ3n) is 3.61. The van der Waals surface area contributed by atoms with Gasteiger partial charge in [0.25, 0.3) is 0 Å². The van der Waals surface area contributed by atoms with E-state index < -0.39 is 0 Å². The van der Waals surface area contributed by atoms with E-state index in [-0.39, 0.29) is 5.78 Å². The molecule has 0 aliphatic carbocycles. The summed E-state index contributed by atoms with van der Waals surface area (Å²) in [6.45, 7) is 6.14. The van der Waals surface area contributed by atoms with Crippen molar-refractivity contribution in [3.8, 4) is 0 Å². The molecule has 0 N–H and O–H groups in total. The highest BCUT2D eigenvalue weighted by Gasteiger charge is 2.18. The van der Waals surface area contributed by atoms with Gasteiger partial charge in [-0.3, -0.25) is 4.79 Å². The summed E-state index contributed by atoms with van der Waals surface area (Å²) in [6, 6.07) is 3.85. The van der Waals surface area contributed by atoms with Gasteiger partial charge in [0, 0.05) is 19.6 Å². The Balaban J connectivity index is 1.66. The molecule has 2 heterocycles. The monoisotopic (exact) mass is 281 g/mol. The fraction of sp³-hybridized carbons (Fsp3) is 0.667. The quantitative estimate of drug-likeness (QED) is 0.685. The van der Waals surface area contributed by atoms with Gasteiger partial charge in [-0.25, -0.2) is 0 Å². The first-order valence-corrected chi connectivity index (χ1v) is 8.08. The molecule has 0 spiro atoms. The molecule has 3 nitrogen and oxygen atoms in total. The van der Waals surface area contributed by atoms with Crippen LogP contribution in [0.5, 0.6) is 0 Å². The van der Waals surface area contributed by atoms with Gasteiger partial charge in [-0.15, -0.1) is 11.3 Å². The van der Waals surface area contributed by atoms with Crippen molar-refractivity contribution >= 4 is 17.1 Å². The maximum absolute atomic E-state index is 11.9. The molecule has 1 unspecified atom stereocenters. The van der Waals surface area contributed by atoms with Gasteiger partial charge in [-0.05, 0) is 43.8 Å². The lowest BCUT2D eigenvalue weighted by Crippen LogP contribution is -2.33. The number of carbonyl (C=O) groups excluding carboxylic acids is 1. The summed E-state index contributed by atoms with van der Waals surface area (Å²) in [5, 5.41) is 1.96. The van der Waals surface area contributed by atoms with Crippen LogP contribution in [0.25, 0.3) is 0 Å². The average molecular weight is 281 g/mol. The lowest BCUT2D eigenvalue weighted by molar-refractivity contribution is 0.0737. The van der Waals surface area contributed by atoms with Crippen molar-refractivity contribution in [2.75, 3.05) is 26.2 Å². The second-order valence-electron chi connectivity index (χ2n) is 5.03. The maximum Gasteiger partial charge on any atom is 0.172 e. The van der Waals surface area contributed by atoms with Crippen LogP contribution >= 0.6 is 11.3 Å². The zero-order valence-electron chi connectivity index (χ0n) is 11.6. The van der Waals surface area contributed by atoms with Gasteiger partial charge in [0.15, 0.2) is 5.78 Å². The summed E-state index contributed by atoms with van der Waals surface area (Å²) in [6.07, 6.45) is 4.39. The number of hydrogen-bond acceptors (Lipinski definition) is 4. The first-order chi connectivity index (χ1) is 9.29. The van der Waals surface area contributed by atoms with Crippen LogP contribution in [0.4, 0.5) is 0 Å². The van der Waals surface area contributed by atoms with Gasteiger partial charge >= 0.3 is 0 Å². The van der Waals surface area contributed by atoms with Gasteiger partial charge in [0.2, 0.25) is 0 Å². The second kappa shape index (κ2) is 7.78. The summed E-state index contributed by atoms with van der Waals surface area (Å²) in [7, 11) is 0. The molecule has 1 aromatic heterocycles. The van der Waals surface area contributed by atoms with Gasteiger partial charge in [0.05, 0.1) is 11.0 Å². The van der Waals surface area contributed by atoms with E-state index in [4.69, 9.17) is 4.74 Å². The van der Waals surface area contributed by atoms with Gasteiger partial charge in [-0.1, -0.05) is 13.0 Å². The topological polar surface area (TPSA) is 29.5 Å². The van der Waals surface area contributed by atoms with E-state index >= 15 is 0 Å². The number of likely N-dealkylation sites (N-methyl/N-ethyl adjacent to an activating group) is 1. The van der Waals surface area contributed by atoms with Crippen LogP contribution < -0.4 is 0 Å². The Hall–Kier alpha value is -0.710. The molecular weight excluding hydrogens is 258 g/mol. The fourth-order valence-corrected chi connectivity index (χ4v) is 3.17. The number of ether oxygens (including phenoxy) is 1. The number of ketones is 1. The smallest absolute Gasteiger partial charge is 0.172 e. The second-order valence-corrected chi connectivity index (χ2v) is 5.98. The Morgan fingerprint density at radius 1 is 1.58 bits per heavy atom. The number of carbonyl (C=O) groups is 1. The summed E-state index contributed by atoms with van der Waals surface area (Å²) in [5.41, 5.74) is 0. The molecule has 1 atom stereocenters. The number of nitrogens with zero attached hydrogens (tertiary/aromatic N) is 1. The normalized spacial score (nSPS) is 19.2. The molecule has 1 aromatic rings. The standard InChI is InChI=1S/C15H23NO2S/c1-2-16(12-13-6-4-10-18-13)9-3-7-14(17)15-8-5-11-19-15/h5,8,11,13H,2-4,6-7,9-10,12H2,1H3. The van der Waals surface area contributed by atoms with Crippen molar-refractivity contribution in [1.82, 2.24) is 4.90 Å². The molecule has 106 valence electrons. The van der Waals surface area contributed by atoms with Crippen LogP contribution in [0.1, 0.15) is 42.3 Å². The Morgan fingerprint density at radius 3 is 3.11 bits per heavy atom. The minimum absolute atomic E-state index is 0.281. The summed E-state index contributed by atoms with van der Waals surface area (Å²) < 4.78 is 5.66. The highest BCUT2D eigenvalue weighted by atomic mass is 32.1. The van der Waals surface area contributed by atoms with Gasteiger partial charge in [0.1, 0.15) is 0 Å². The van der Waals surface area contributed by atoms with Crippen molar-refractivity contribution in [2.24, 2.45) is 0 Å². The van der Waals surface area contributed by atoms with Crippen molar-refractivity contribution in [1.29, 1.82) is 0 Å². The van der Waals surface area contributed by atoms with E-state index in [1.165, 1.54) is 24.2 Å². The molecule has 4 heteroatoms. The van der Waals surface area contributed by atoms with E-state index in [0.29, 0.717) is 12.5 Å². The molecule has 1 aliphatic rings. The Bertz CT molecular complexity index is 372. The lowest BCUT2D eigenvalue weighted by Gasteiger charge is -2.23. The molecule has 0 bridgehead atoms.